The topological polar surface area (TPSA) is 89.4 Å². The number of fused-ring (bicyclic) bond motifs is 1. The molecule has 0 N–H and O–H groups in total. The lowest BCUT2D eigenvalue weighted by atomic mass is 10.1. The zero-order valence-corrected chi connectivity index (χ0v) is 13.9. The number of nitrogens with zero attached hydrogens (tertiary/aromatic N) is 4. The van der Waals surface area contributed by atoms with Gasteiger partial charge in [0.25, 0.3) is 0 Å². The highest BCUT2D eigenvalue weighted by Gasteiger charge is 2.05. The van der Waals surface area contributed by atoms with E-state index in [9.17, 15) is 9.59 Å². The molecule has 0 atom stereocenters. The van der Waals surface area contributed by atoms with Crippen molar-refractivity contribution in [2.24, 2.45) is 0 Å². The molecule has 1 aromatic carbocycles. The summed E-state index contributed by atoms with van der Waals surface area (Å²) in [5.41, 5.74) is 1.64. The minimum absolute atomic E-state index is 0.182. The highest BCUT2D eigenvalue weighted by atomic mass is 16.5. The molecule has 0 unspecified atom stereocenters. The highest BCUT2D eigenvalue weighted by molar-refractivity contribution is 5.87. The van der Waals surface area contributed by atoms with Crippen LogP contribution in [0.15, 0.2) is 59.5 Å². The Kier molecular flexibility index (Phi) is 5.25. The van der Waals surface area contributed by atoms with Crippen molar-refractivity contribution in [2.45, 2.75) is 13.0 Å². The fraction of sp³-hybridized carbons (Fsp3) is 0.158. The van der Waals surface area contributed by atoms with Gasteiger partial charge in [-0.05, 0) is 35.9 Å². The van der Waals surface area contributed by atoms with E-state index in [2.05, 4.69) is 5.10 Å². The summed E-state index contributed by atoms with van der Waals surface area (Å²) in [6.45, 7) is 0.545. The minimum Gasteiger partial charge on any atom is -0.462 e. The fourth-order valence-corrected chi connectivity index (χ4v) is 2.43. The summed E-state index contributed by atoms with van der Waals surface area (Å²) in [7, 11) is 0. The van der Waals surface area contributed by atoms with E-state index in [1.807, 2.05) is 12.1 Å². The summed E-state index contributed by atoms with van der Waals surface area (Å²) in [5.74, 6) is -0.477. The fourth-order valence-electron chi connectivity index (χ4n) is 2.43. The molecule has 0 amide bonds. The molecule has 0 bridgehead atoms. The zero-order chi connectivity index (χ0) is 18.4. The molecule has 130 valence electrons. The molecule has 0 aliphatic carbocycles. The van der Waals surface area contributed by atoms with E-state index >= 15 is 0 Å². The van der Waals surface area contributed by atoms with Crippen LogP contribution in [0.4, 0.5) is 0 Å². The Labute approximate surface area is 149 Å². The molecule has 0 spiro atoms. The predicted octanol–water partition coefficient (Wildman–Crippen LogP) is 2.01. The van der Waals surface area contributed by atoms with Crippen LogP contribution in [0.3, 0.4) is 0 Å². The van der Waals surface area contributed by atoms with Gasteiger partial charge < -0.3 is 4.74 Å². The first-order valence-corrected chi connectivity index (χ1v) is 8.06. The average Bonchev–Trinajstić information content (AvgIpc) is 3.00. The van der Waals surface area contributed by atoms with Gasteiger partial charge >= 0.3 is 11.7 Å². The summed E-state index contributed by atoms with van der Waals surface area (Å²) in [6, 6.07) is 14.3. The van der Waals surface area contributed by atoms with Crippen molar-refractivity contribution >= 4 is 17.7 Å². The van der Waals surface area contributed by atoms with E-state index < -0.39 is 5.97 Å². The number of rotatable bonds is 6. The smallest absolute Gasteiger partial charge is 0.350 e. The minimum atomic E-state index is -0.477. The van der Waals surface area contributed by atoms with E-state index in [1.165, 1.54) is 15.2 Å². The van der Waals surface area contributed by atoms with Gasteiger partial charge in [-0.25, -0.2) is 14.3 Å². The average molecular weight is 348 g/mol. The monoisotopic (exact) mass is 348 g/mol. The van der Waals surface area contributed by atoms with Gasteiger partial charge in [0.1, 0.15) is 0 Å². The number of ether oxygens (including phenoxy) is 1. The maximum atomic E-state index is 12.1. The van der Waals surface area contributed by atoms with Gasteiger partial charge in [0, 0.05) is 25.2 Å². The first-order valence-electron chi connectivity index (χ1n) is 8.06. The third kappa shape index (κ3) is 4.05. The van der Waals surface area contributed by atoms with Crippen LogP contribution < -0.4 is 5.69 Å². The molecule has 2 aromatic heterocycles. The Morgan fingerprint density at radius 2 is 2.15 bits per heavy atom. The summed E-state index contributed by atoms with van der Waals surface area (Å²) in [4.78, 5) is 23.8. The van der Waals surface area contributed by atoms with Crippen LogP contribution in [0, 0.1) is 11.3 Å². The number of esters is 1. The van der Waals surface area contributed by atoms with Crippen molar-refractivity contribution in [1.29, 1.82) is 5.26 Å². The lowest BCUT2D eigenvalue weighted by molar-refractivity contribution is -0.137. The summed E-state index contributed by atoms with van der Waals surface area (Å²) in [5, 5.41) is 13.1. The van der Waals surface area contributed by atoms with Gasteiger partial charge in [-0.1, -0.05) is 18.2 Å². The van der Waals surface area contributed by atoms with Crippen LogP contribution >= 0.6 is 0 Å². The maximum absolute atomic E-state index is 12.1. The summed E-state index contributed by atoms with van der Waals surface area (Å²) in [6.07, 6.45) is 5.05. The summed E-state index contributed by atoms with van der Waals surface area (Å²) >= 11 is 0. The van der Waals surface area contributed by atoms with Crippen LogP contribution in [0.5, 0.6) is 0 Å². The number of hydrogen-bond acceptors (Lipinski definition) is 5. The lowest BCUT2D eigenvalue weighted by Crippen LogP contribution is -2.21. The number of nitriles is 1. The SMILES string of the molecule is N#Cc1cccc(C=CC(=O)OCCCn2nc3ccccn3c2=O)c1. The number of benzene rings is 1. The third-order valence-corrected chi connectivity index (χ3v) is 3.67. The van der Waals surface area contributed by atoms with Crippen LogP contribution in [0.1, 0.15) is 17.5 Å². The Morgan fingerprint density at radius 3 is 2.96 bits per heavy atom. The van der Waals surface area contributed by atoms with Crippen LogP contribution in [-0.4, -0.2) is 26.8 Å². The van der Waals surface area contributed by atoms with Gasteiger partial charge in [-0.3, -0.25) is 4.40 Å². The molecular formula is C19H16N4O3. The van der Waals surface area contributed by atoms with Crippen molar-refractivity contribution in [3.63, 3.8) is 0 Å². The molecule has 26 heavy (non-hydrogen) atoms. The Balaban J connectivity index is 1.49. The van der Waals surface area contributed by atoms with Crippen molar-refractivity contribution in [3.8, 4) is 6.07 Å². The highest BCUT2D eigenvalue weighted by Crippen LogP contribution is 2.06. The number of aryl methyl sites for hydroxylation is 1. The second-order valence-corrected chi connectivity index (χ2v) is 5.53. The molecule has 0 aliphatic rings. The van der Waals surface area contributed by atoms with E-state index in [0.717, 1.165) is 5.56 Å². The van der Waals surface area contributed by atoms with Crippen LogP contribution in [0.25, 0.3) is 11.7 Å². The lowest BCUT2D eigenvalue weighted by Gasteiger charge is -2.01. The van der Waals surface area contributed by atoms with Crippen molar-refractivity contribution in [3.05, 3.63) is 76.3 Å². The molecule has 7 nitrogen and oxygen atoms in total. The molecular weight excluding hydrogens is 332 g/mol. The molecule has 7 heteroatoms. The summed E-state index contributed by atoms with van der Waals surface area (Å²) < 4.78 is 7.93. The van der Waals surface area contributed by atoms with Crippen LogP contribution in [0.2, 0.25) is 0 Å². The number of carbonyl (C=O) groups is 1. The van der Waals surface area contributed by atoms with Gasteiger partial charge in [-0.15, -0.1) is 5.10 Å². The molecule has 3 rings (SSSR count). The van der Waals surface area contributed by atoms with E-state index in [4.69, 9.17) is 10.00 Å². The second-order valence-electron chi connectivity index (χ2n) is 5.53. The molecule has 0 radical (unpaired) electrons. The third-order valence-electron chi connectivity index (χ3n) is 3.67. The molecule has 0 saturated carbocycles. The van der Waals surface area contributed by atoms with Crippen LogP contribution in [-0.2, 0) is 16.1 Å². The van der Waals surface area contributed by atoms with E-state index in [-0.39, 0.29) is 12.3 Å². The number of aromatic nitrogens is 3. The molecule has 2 heterocycles. The van der Waals surface area contributed by atoms with Crippen molar-refractivity contribution in [1.82, 2.24) is 14.2 Å². The largest absolute Gasteiger partial charge is 0.462 e. The molecule has 0 fully saturated rings. The number of pyridine rings is 1. The second kappa shape index (κ2) is 7.94. The molecule has 3 aromatic rings. The first-order chi connectivity index (χ1) is 12.7. The van der Waals surface area contributed by atoms with Gasteiger partial charge in [0.2, 0.25) is 0 Å². The predicted molar refractivity (Wildman–Crippen MR) is 95.2 cm³/mol. The number of carbonyl (C=O) groups excluding carboxylic acids is 1. The Hall–Kier alpha value is -3.66. The first kappa shape index (κ1) is 17.2. The van der Waals surface area contributed by atoms with Crippen molar-refractivity contribution in [2.75, 3.05) is 6.61 Å². The molecule has 0 aliphatic heterocycles. The molecule has 0 saturated heterocycles. The maximum Gasteiger partial charge on any atom is 0.350 e. The zero-order valence-electron chi connectivity index (χ0n) is 13.9. The van der Waals surface area contributed by atoms with Gasteiger partial charge in [0.05, 0.1) is 18.2 Å². The van der Waals surface area contributed by atoms with E-state index in [0.29, 0.717) is 24.2 Å². The van der Waals surface area contributed by atoms with E-state index in [1.54, 1.807) is 48.7 Å². The normalized spacial score (nSPS) is 10.9. The standard InChI is InChI=1S/C19H16N4O3/c20-14-16-6-3-5-15(13-16)8-9-18(24)26-12-4-11-23-19(25)22-10-2-1-7-17(22)21-23/h1-3,5-10,13H,4,11-12H2. The van der Waals surface area contributed by atoms with Crippen molar-refractivity contribution < 1.29 is 9.53 Å². The van der Waals surface area contributed by atoms with Gasteiger partial charge in [-0.2, -0.15) is 5.26 Å². The van der Waals surface area contributed by atoms with Gasteiger partial charge in [0.15, 0.2) is 5.65 Å². The number of hydrogen-bond donors (Lipinski definition) is 0. The quantitative estimate of drug-likeness (QED) is 0.386. The Morgan fingerprint density at radius 1 is 1.27 bits per heavy atom. The Bertz CT molecular complexity index is 1060.